The lowest BCUT2D eigenvalue weighted by atomic mass is 9.78. The van der Waals surface area contributed by atoms with Crippen LogP contribution in [-0.4, -0.2) is 105 Å². The van der Waals surface area contributed by atoms with Gasteiger partial charge in [-0.15, -0.1) is 11.3 Å². The Bertz CT molecular complexity index is 1610. The van der Waals surface area contributed by atoms with E-state index in [1.165, 1.54) is 29.3 Å². The third-order valence-corrected chi connectivity index (χ3v) is 9.56. The van der Waals surface area contributed by atoms with Gasteiger partial charge in [0.1, 0.15) is 11.3 Å². The number of amides is 1. The molecule has 0 aromatic carbocycles. The number of hydrogen-bond donors (Lipinski definition) is 1. The lowest BCUT2D eigenvalue weighted by molar-refractivity contribution is -0.195. The van der Waals surface area contributed by atoms with Crippen molar-refractivity contribution in [2.24, 2.45) is 5.41 Å². The highest BCUT2D eigenvalue weighted by Crippen LogP contribution is 2.41. The fraction of sp³-hybridized carbons (Fsp3) is 0.519. The quantitative estimate of drug-likeness (QED) is 0.343. The number of H-pyrrole nitrogens is 1. The van der Waals surface area contributed by atoms with Crippen molar-refractivity contribution in [3.63, 3.8) is 0 Å². The van der Waals surface area contributed by atoms with E-state index >= 15 is 0 Å². The molecule has 222 valence electrons. The van der Waals surface area contributed by atoms with Crippen LogP contribution in [0.1, 0.15) is 29.2 Å². The number of alkyl halides is 3. The molecular weight excluding hydrogens is 573 g/mol. The number of aromatic amines is 1. The number of pyridine rings is 1. The van der Waals surface area contributed by atoms with E-state index in [0.29, 0.717) is 28.5 Å². The van der Waals surface area contributed by atoms with Gasteiger partial charge in [0.2, 0.25) is 5.91 Å². The number of nitrogens with one attached hydrogen (secondary N) is 1. The molecule has 4 aromatic heterocycles. The first-order chi connectivity index (χ1) is 20.2. The molecule has 3 aliphatic rings. The molecule has 0 bridgehead atoms. The second-order valence-electron chi connectivity index (χ2n) is 11.4. The Hall–Kier alpha value is -3.56. The molecule has 1 N–H and O–H groups in total. The number of aromatic nitrogens is 6. The van der Waals surface area contributed by atoms with Gasteiger partial charge in [0.05, 0.1) is 50.1 Å². The number of fused-ring (bicyclic) bond motifs is 1. The van der Waals surface area contributed by atoms with Gasteiger partial charge in [0, 0.05) is 41.5 Å². The lowest BCUT2D eigenvalue weighted by Gasteiger charge is -2.55. The molecule has 0 saturated carbocycles. The minimum absolute atomic E-state index is 0.0134. The molecule has 3 saturated heterocycles. The Morgan fingerprint density at radius 3 is 2.71 bits per heavy atom. The molecule has 0 unspecified atom stereocenters. The highest BCUT2D eigenvalue weighted by atomic mass is 32.1. The Labute approximate surface area is 242 Å². The van der Waals surface area contributed by atoms with Gasteiger partial charge in [-0.3, -0.25) is 14.8 Å². The van der Waals surface area contributed by atoms with Crippen molar-refractivity contribution in [1.29, 1.82) is 0 Å². The minimum atomic E-state index is -4.46. The maximum Gasteiger partial charge on any atom is 0.393 e. The topological polar surface area (TPSA) is 114 Å². The van der Waals surface area contributed by atoms with E-state index in [1.807, 2.05) is 4.90 Å². The van der Waals surface area contributed by atoms with E-state index in [1.54, 1.807) is 18.5 Å². The van der Waals surface area contributed by atoms with Crippen molar-refractivity contribution in [3.05, 3.63) is 35.2 Å². The van der Waals surface area contributed by atoms with Crippen LogP contribution in [0.25, 0.3) is 27.6 Å². The van der Waals surface area contributed by atoms with Crippen molar-refractivity contribution >= 4 is 22.9 Å². The number of likely N-dealkylation sites (tertiary alicyclic amines) is 2. The van der Waals surface area contributed by atoms with Gasteiger partial charge in [0.15, 0.2) is 11.4 Å². The number of ether oxygens (including phenoxy) is 2. The van der Waals surface area contributed by atoms with Gasteiger partial charge in [-0.1, -0.05) is 0 Å². The molecule has 0 atom stereocenters. The fourth-order valence-corrected chi connectivity index (χ4v) is 7.21. The molecule has 3 fully saturated rings. The number of methoxy groups -OCH3 is 1. The van der Waals surface area contributed by atoms with Crippen LogP contribution in [-0.2, 0) is 16.0 Å². The number of piperidine rings is 1. The third kappa shape index (κ3) is 5.02. The van der Waals surface area contributed by atoms with Crippen molar-refractivity contribution in [1.82, 2.24) is 39.6 Å². The second kappa shape index (κ2) is 10.3. The number of halogens is 3. The van der Waals surface area contributed by atoms with Crippen LogP contribution in [0.15, 0.2) is 24.8 Å². The molecule has 7 heterocycles. The number of hydrogen-bond acceptors (Lipinski definition) is 9. The molecule has 1 spiro atoms. The largest absolute Gasteiger partial charge is 0.493 e. The smallest absolute Gasteiger partial charge is 0.393 e. The molecule has 7 rings (SSSR count). The Morgan fingerprint density at radius 2 is 2.02 bits per heavy atom. The van der Waals surface area contributed by atoms with Crippen molar-refractivity contribution in [2.45, 2.75) is 31.4 Å². The van der Waals surface area contributed by atoms with E-state index < -0.39 is 12.6 Å². The van der Waals surface area contributed by atoms with Gasteiger partial charge < -0.3 is 14.4 Å². The molecule has 4 aromatic rings. The lowest BCUT2D eigenvalue weighted by Crippen LogP contribution is -2.68. The van der Waals surface area contributed by atoms with E-state index in [-0.39, 0.29) is 34.2 Å². The highest BCUT2D eigenvalue weighted by molar-refractivity contribution is 7.15. The maximum absolute atomic E-state index is 13.8. The van der Waals surface area contributed by atoms with Crippen LogP contribution in [0.3, 0.4) is 0 Å². The van der Waals surface area contributed by atoms with E-state index in [4.69, 9.17) is 9.47 Å². The predicted octanol–water partition coefficient (Wildman–Crippen LogP) is 3.39. The van der Waals surface area contributed by atoms with Gasteiger partial charge in [-0.05, 0) is 37.9 Å². The predicted molar refractivity (Wildman–Crippen MR) is 146 cm³/mol. The first-order valence-corrected chi connectivity index (χ1v) is 14.6. The first-order valence-electron chi connectivity index (χ1n) is 13.8. The van der Waals surface area contributed by atoms with Crippen LogP contribution < -0.4 is 4.74 Å². The highest BCUT2D eigenvalue weighted by Gasteiger charge is 2.50. The zero-order chi connectivity index (χ0) is 29.1. The molecule has 11 nitrogen and oxygen atoms in total. The van der Waals surface area contributed by atoms with Crippen LogP contribution >= 0.6 is 11.3 Å². The molecular formula is C27H29F3N8O3S. The summed E-state index contributed by atoms with van der Waals surface area (Å²) < 4.78 is 53.4. The van der Waals surface area contributed by atoms with E-state index in [2.05, 4.69) is 30.2 Å². The molecule has 15 heteroatoms. The second-order valence-corrected chi connectivity index (χ2v) is 12.5. The SMILES string of the molecule is COc1cc(-c2n[nH]c(-c3ncc(C4CCN(CC(=O)N5CC6(COC6)C5)CC4)s3)c2CC(F)(F)F)cn2ncnc12. The molecule has 1 amide bonds. The van der Waals surface area contributed by atoms with Crippen molar-refractivity contribution in [2.75, 3.05) is 53.0 Å². The monoisotopic (exact) mass is 602 g/mol. The Balaban J connectivity index is 1.07. The number of nitrogens with zero attached hydrogens (tertiary/aromatic N) is 7. The Kier molecular flexibility index (Phi) is 6.70. The van der Waals surface area contributed by atoms with Crippen LogP contribution in [0.4, 0.5) is 13.2 Å². The summed E-state index contributed by atoms with van der Waals surface area (Å²) in [5.74, 6) is 0.771. The van der Waals surface area contributed by atoms with Gasteiger partial charge in [0.25, 0.3) is 0 Å². The minimum Gasteiger partial charge on any atom is -0.493 e. The summed E-state index contributed by atoms with van der Waals surface area (Å²) in [6.07, 6.45) is 0.772. The average Bonchev–Trinajstić information content (AvgIpc) is 3.66. The number of carbonyl (C=O) groups excluding carboxylic acids is 1. The van der Waals surface area contributed by atoms with Gasteiger partial charge >= 0.3 is 6.18 Å². The standard InChI is InChI=1S/C27H29F3N8O3S/c1-40-19-6-17(9-38-24(19)32-15-33-38)22-18(7-27(28,29)30)23(35-34-22)25-31-8-20(42-25)16-2-4-36(5-3-16)10-21(39)37-11-26(12-37)13-41-14-26/h6,8-9,15-16H,2-5,7,10-14H2,1H3,(H,34,35). The molecule has 0 aliphatic carbocycles. The van der Waals surface area contributed by atoms with E-state index in [9.17, 15) is 18.0 Å². The zero-order valence-corrected chi connectivity index (χ0v) is 23.7. The van der Waals surface area contributed by atoms with Crippen molar-refractivity contribution in [3.8, 4) is 27.7 Å². The first kappa shape index (κ1) is 27.3. The summed E-state index contributed by atoms with van der Waals surface area (Å²) in [6.45, 7) is 5.08. The number of thiazole rings is 1. The Morgan fingerprint density at radius 1 is 1.24 bits per heavy atom. The number of carbonyl (C=O) groups is 1. The summed E-state index contributed by atoms with van der Waals surface area (Å²) in [5, 5.41) is 11.7. The summed E-state index contributed by atoms with van der Waals surface area (Å²) in [5.41, 5.74) is 1.50. The zero-order valence-electron chi connectivity index (χ0n) is 22.9. The van der Waals surface area contributed by atoms with Gasteiger partial charge in [-0.2, -0.15) is 23.4 Å². The normalized spacial score (nSPS) is 19.3. The van der Waals surface area contributed by atoms with Crippen LogP contribution in [0, 0.1) is 5.41 Å². The van der Waals surface area contributed by atoms with Crippen LogP contribution in [0.2, 0.25) is 0 Å². The van der Waals surface area contributed by atoms with Gasteiger partial charge in [-0.25, -0.2) is 14.5 Å². The van der Waals surface area contributed by atoms with E-state index in [0.717, 1.165) is 57.1 Å². The summed E-state index contributed by atoms with van der Waals surface area (Å²) in [7, 11) is 1.46. The maximum atomic E-state index is 13.8. The molecule has 3 aliphatic heterocycles. The number of rotatable bonds is 7. The molecule has 0 radical (unpaired) electrons. The summed E-state index contributed by atoms with van der Waals surface area (Å²) >= 11 is 1.39. The fourth-order valence-electron chi connectivity index (χ4n) is 6.10. The summed E-state index contributed by atoms with van der Waals surface area (Å²) in [6, 6.07) is 1.61. The average molecular weight is 603 g/mol. The summed E-state index contributed by atoms with van der Waals surface area (Å²) in [4.78, 5) is 26.5. The van der Waals surface area contributed by atoms with Crippen LogP contribution in [0.5, 0.6) is 5.75 Å². The van der Waals surface area contributed by atoms with Crippen molar-refractivity contribution < 1.29 is 27.4 Å². The third-order valence-electron chi connectivity index (χ3n) is 8.39. The molecule has 42 heavy (non-hydrogen) atoms.